The molecule has 0 saturated carbocycles. The van der Waals surface area contributed by atoms with Gasteiger partial charge in [-0.2, -0.15) is 0 Å². The van der Waals surface area contributed by atoms with E-state index in [0.717, 1.165) is 0 Å². The van der Waals surface area contributed by atoms with Gasteiger partial charge < -0.3 is 8.94 Å². The van der Waals surface area contributed by atoms with Crippen LogP contribution in [0, 0.1) is 6.92 Å². The zero-order valence-electron chi connectivity index (χ0n) is 8.10. The van der Waals surface area contributed by atoms with E-state index in [1.54, 1.807) is 13.0 Å². The fraction of sp³-hybridized carbons (Fsp3) is 0.125. The molecule has 2 rings (SSSR count). The van der Waals surface area contributed by atoms with Gasteiger partial charge in [-0.1, -0.05) is 5.16 Å². The Labute approximate surface area is 99.6 Å². The molecule has 2 aromatic rings. The van der Waals surface area contributed by atoms with Crippen LogP contribution in [0.2, 0.25) is 0 Å². The topological polar surface area (TPSA) is 99.3 Å². The van der Waals surface area contributed by atoms with Crippen molar-refractivity contribution in [3.63, 3.8) is 0 Å². The maximum Gasteiger partial charge on any atom is 0.271 e. The van der Waals surface area contributed by atoms with Crippen LogP contribution in [-0.4, -0.2) is 13.6 Å². The number of primary sulfonamides is 1. The van der Waals surface area contributed by atoms with Crippen molar-refractivity contribution in [2.75, 3.05) is 0 Å². The van der Waals surface area contributed by atoms with Crippen molar-refractivity contribution >= 4 is 26.0 Å². The number of furan rings is 1. The van der Waals surface area contributed by atoms with Crippen molar-refractivity contribution in [1.82, 2.24) is 5.16 Å². The molecule has 2 N–H and O–H groups in total. The summed E-state index contributed by atoms with van der Waals surface area (Å²) in [7, 11) is -3.88. The Hall–Kier alpha value is -1.12. The maximum absolute atomic E-state index is 11.2. The largest absolute Gasteiger partial charge is 0.440 e. The van der Waals surface area contributed by atoms with Gasteiger partial charge in [-0.3, -0.25) is 0 Å². The molecule has 0 aliphatic carbocycles. The Kier molecular flexibility index (Phi) is 2.64. The fourth-order valence-electron chi connectivity index (χ4n) is 1.24. The van der Waals surface area contributed by atoms with E-state index in [2.05, 4.69) is 25.6 Å². The molecule has 0 amide bonds. The third-order valence-electron chi connectivity index (χ3n) is 1.96. The number of sulfonamides is 1. The van der Waals surface area contributed by atoms with Crippen LogP contribution in [0.25, 0.3) is 11.5 Å². The number of nitrogens with two attached hydrogens (primary N) is 1. The van der Waals surface area contributed by atoms with Crippen LogP contribution < -0.4 is 5.14 Å². The second-order valence-corrected chi connectivity index (χ2v) is 5.34. The van der Waals surface area contributed by atoms with E-state index in [4.69, 9.17) is 9.56 Å². The van der Waals surface area contributed by atoms with E-state index >= 15 is 0 Å². The number of nitrogens with zero attached hydrogens (tertiary/aromatic N) is 1. The van der Waals surface area contributed by atoms with E-state index in [1.165, 1.54) is 6.26 Å². The molecule has 0 fully saturated rings. The summed E-state index contributed by atoms with van der Waals surface area (Å²) >= 11 is 3.22. The van der Waals surface area contributed by atoms with Crippen LogP contribution in [0.5, 0.6) is 0 Å². The zero-order chi connectivity index (χ0) is 11.9. The first kappa shape index (κ1) is 11.4. The lowest BCUT2D eigenvalue weighted by molar-refractivity contribution is 0.413. The fourth-order valence-corrected chi connectivity index (χ4v) is 2.56. The van der Waals surface area contributed by atoms with Gasteiger partial charge in [0.1, 0.15) is 12.0 Å². The molecule has 6 nitrogen and oxygen atoms in total. The maximum atomic E-state index is 11.2. The molecule has 86 valence electrons. The van der Waals surface area contributed by atoms with Gasteiger partial charge >= 0.3 is 0 Å². The molecule has 0 saturated heterocycles. The Morgan fingerprint density at radius 3 is 2.62 bits per heavy atom. The Bertz CT molecular complexity index is 615. The summed E-state index contributed by atoms with van der Waals surface area (Å²) in [6.45, 7) is 1.58. The van der Waals surface area contributed by atoms with Crippen LogP contribution in [0.1, 0.15) is 5.56 Å². The number of hydrogen-bond donors (Lipinski definition) is 1. The summed E-state index contributed by atoms with van der Waals surface area (Å²) in [5.41, 5.74) is 0.797. The second kappa shape index (κ2) is 3.72. The van der Waals surface area contributed by atoms with E-state index in [9.17, 15) is 8.42 Å². The normalized spacial score (nSPS) is 11.9. The van der Waals surface area contributed by atoms with Crippen molar-refractivity contribution in [2.45, 2.75) is 12.0 Å². The van der Waals surface area contributed by atoms with Crippen molar-refractivity contribution in [3.8, 4) is 11.5 Å². The lowest BCUT2D eigenvalue weighted by Gasteiger charge is -1.92. The minimum absolute atomic E-state index is 0.273. The Morgan fingerprint density at radius 1 is 1.50 bits per heavy atom. The number of halogens is 1. The lowest BCUT2D eigenvalue weighted by Crippen LogP contribution is -2.12. The second-order valence-electron chi connectivity index (χ2n) is 3.09. The summed E-state index contributed by atoms with van der Waals surface area (Å²) in [6, 6.07) is 1.55. The third kappa shape index (κ3) is 1.79. The van der Waals surface area contributed by atoms with E-state index < -0.39 is 10.0 Å². The van der Waals surface area contributed by atoms with Crippen molar-refractivity contribution in [1.29, 1.82) is 0 Å². The summed E-state index contributed by atoms with van der Waals surface area (Å²) in [5.74, 6) is 0.273. The first-order valence-electron chi connectivity index (χ1n) is 4.13. The van der Waals surface area contributed by atoms with Crippen LogP contribution in [0.4, 0.5) is 0 Å². The van der Waals surface area contributed by atoms with E-state index in [-0.39, 0.29) is 10.9 Å². The molecule has 2 aromatic heterocycles. The summed E-state index contributed by atoms with van der Waals surface area (Å²) in [6.07, 6.45) is 1.36. The molecule has 0 spiro atoms. The van der Waals surface area contributed by atoms with Gasteiger partial charge in [0.25, 0.3) is 10.0 Å². The molecule has 0 bridgehead atoms. The zero-order valence-corrected chi connectivity index (χ0v) is 10.5. The van der Waals surface area contributed by atoms with Crippen LogP contribution >= 0.6 is 15.9 Å². The van der Waals surface area contributed by atoms with Crippen LogP contribution in [0.15, 0.2) is 30.8 Å². The predicted molar refractivity (Wildman–Crippen MR) is 58.0 cm³/mol. The molecule has 0 aliphatic heterocycles. The predicted octanol–water partition coefficient (Wildman–Crippen LogP) is 1.65. The van der Waals surface area contributed by atoms with Crippen LogP contribution in [-0.2, 0) is 10.0 Å². The summed E-state index contributed by atoms with van der Waals surface area (Å²) in [4.78, 5) is 0. The molecule has 2 heterocycles. The quantitative estimate of drug-likeness (QED) is 0.909. The molecular formula is C8H7BrN2O4S. The number of rotatable bonds is 2. The molecule has 0 aliphatic rings. The Balaban J connectivity index is 2.68. The van der Waals surface area contributed by atoms with Crippen molar-refractivity contribution in [2.24, 2.45) is 5.14 Å². The molecule has 0 unspecified atom stereocenters. The molecule has 0 radical (unpaired) electrons. The van der Waals surface area contributed by atoms with E-state index in [0.29, 0.717) is 15.7 Å². The van der Waals surface area contributed by atoms with Gasteiger partial charge in [0.2, 0.25) is 5.09 Å². The Morgan fingerprint density at radius 2 is 2.19 bits per heavy atom. The highest BCUT2D eigenvalue weighted by Crippen LogP contribution is 2.36. The summed E-state index contributed by atoms with van der Waals surface area (Å²) in [5, 5.41) is 8.38. The van der Waals surface area contributed by atoms with Gasteiger partial charge in [0.05, 0.1) is 4.47 Å². The molecule has 0 atom stereocenters. The standard InChI is InChI=1S/C8H7BrN2O4S/c1-4-6(9)7(5-2-3-14-11-5)15-8(4)16(10,12)13/h2-3H,1H3,(H2,10,12,13). The van der Waals surface area contributed by atoms with E-state index in [1.807, 2.05) is 0 Å². The van der Waals surface area contributed by atoms with Gasteiger partial charge in [-0.15, -0.1) is 0 Å². The minimum atomic E-state index is -3.88. The number of hydrogen-bond acceptors (Lipinski definition) is 5. The minimum Gasteiger partial charge on any atom is -0.440 e. The van der Waals surface area contributed by atoms with Gasteiger partial charge in [-0.25, -0.2) is 13.6 Å². The summed E-state index contributed by atoms with van der Waals surface area (Å²) < 4.78 is 32.7. The van der Waals surface area contributed by atoms with Crippen LogP contribution in [0.3, 0.4) is 0 Å². The first-order valence-corrected chi connectivity index (χ1v) is 6.47. The highest BCUT2D eigenvalue weighted by atomic mass is 79.9. The highest BCUT2D eigenvalue weighted by Gasteiger charge is 2.24. The molecule has 16 heavy (non-hydrogen) atoms. The van der Waals surface area contributed by atoms with Gasteiger partial charge in [0.15, 0.2) is 5.76 Å². The highest BCUT2D eigenvalue weighted by molar-refractivity contribution is 9.10. The SMILES string of the molecule is Cc1c(S(N)(=O)=O)oc(-c2ccon2)c1Br. The average Bonchev–Trinajstić information content (AvgIpc) is 2.75. The average molecular weight is 307 g/mol. The van der Waals surface area contributed by atoms with Gasteiger partial charge in [-0.05, 0) is 22.9 Å². The van der Waals surface area contributed by atoms with Crippen molar-refractivity contribution < 1.29 is 17.4 Å². The molecular weight excluding hydrogens is 300 g/mol. The van der Waals surface area contributed by atoms with Gasteiger partial charge in [0, 0.05) is 11.6 Å². The van der Waals surface area contributed by atoms with Crippen molar-refractivity contribution in [3.05, 3.63) is 22.4 Å². The first-order chi connectivity index (χ1) is 7.41. The number of aromatic nitrogens is 1. The third-order valence-corrected chi connectivity index (χ3v) is 3.82. The molecule has 8 heteroatoms. The molecule has 0 aromatic carbocycles. The smallest absolute Gasteiger partial charge is 0.271 e. The lowest BCUT2D eigenvalue weighted by atomic mass is 10.3. The monoisotopic (exact) mass is 306 g/mol.